The number of halogens is 1. The molecule has 0 aromatic rings. The van der Waals surface area contributed by atoms with E-state index in [1.165, 1.54) is 0 Å². The maximum Gasteiger partial charge on any atom is 0.225 e. The summed E-state index contributed by atoms with van der Waals surface area (Å²) in [5.74, 6) is 1.93. The van der Waals surface area contributed by atoms with Crippen molar-refractivity contribution in [3.8, 4) is 0 Å². The number of carbonyl (C=O) groups excluding carboxylic acids is 1. The number of fused-ring (bicyclic) bond motifs is 1. The van der Waals surface area contributed by atoms with Gasteiger partial charge in [0.2, 0.25) is 5.91 Å². The molecule has 6 nitrogen and oxygen atoms in total. The van der Waals surface area contributed by atoms with Gasteiger partial charge in [0, 0.05) is 62.6 Å². The van der Waals surface area contributed by atoms with Gasteiger partial charge >= 0.3 is 0 Å². The lowest BCUT2D eigenvalue weighted by molar-refractivity contribution is -0.135. The van der Waals surface area contributed by atoms with Gasteiger partial charge in [-0.05, 0) is 13.3 Å². The third kappa shape index (κ3) is 3.98. The smallest absolute Gasteiger partial charge is 0.225 e. The minimum Gasteiger partial charge on any atom is -0.377 e. The summed E-state index contributed by atoms with van der Waals surface area (Å²) in [5.41, 5.74) is 0.144. The van der Waals surface area contributed by atoms with Crippen LogP contribution in [0.1, 0.15) is 41.0 Å². The fraction of sp³-hybridized carbons (Fsp3) is 0.895. The predicted molar refractivity (Wildman–Crippen MR) is 115 cm³/mol. The van der Waals surface area contributed by atoms with Crippen LogP contribution in [0.5, 0.6) is 0 Å². The fourth-order valence-corrected chi connectivity index (χ4v) is 4.65. The molecule has 3 rings (SSSR count). The number of hydrogen-bond acceptors (Lipinski definition) is 3. The second kappa shape index (κ2) is 8.63. The molecular weight excluding hydrogens is 443 g/mol. The highest BCUT2D eigenvalue weighted by Gasteiger charge is 2.59. The SMILES string of the molecule is CCN=C(NC1C2CCOC2C1(C)C)N1CCN(C(=O)C(C)C)CC1.I. The number of nitrogens with zero attached hydrogens (tertiary/aromatic N) is 3. The van der Waals surface area contributed by atoms with Crippen molar-refractivity contribution in [2.45, 2.75) is 53.2 Å². The summed E-state index contributed by atoms with van der Waals surface area (Å²) in [6.07, 6.45) is 1.52. The number of aliphatic imine (C=N–C) groups is 1. The molecule has 26 heavy (non-hydrogen) atoms. The second-order valence-corrected chi connectivity index (χ2v) is 8.45. The molecule has 3 atom stereocenters. The van der Waals surface area contributed by atoms with Crippen molar-refractivity contribution >= 4 is 35.8 Å². The maximum atomic E-state index is 12.2. The van der Waals surface area contributed by atoms with E-state index in [-0.39, 0.29) is 41.2 Å². The van der Waals surface area contributed by atoms with Crippen molar-refractivity contribution in [3.05, 3.63) is 0 Å². The van der Waals surface area contributed by atoms with E-state index in [4.69, 9.17) is 9.73 Å². The number of amides is 1. The quantitative estimate of drug-likeness (QED) is 0.384. The number of guanidine groups is 1. The normalized spacial score (nSPS) is 30.5. The molecule has 0 aromatic carbocycles. The van der Waals surface area contributed by atoms with Gasteiger partial charge < -0.3 is 19.9 Å². The summed E-state index contributed by atoms with van der Waals surface area (Å²) in [5, 5.41) is 3.75. The van der Waals surface area contributed by atoms with Crippen LogP contribution in [0.4, 0.5) is 0 Å². The van der Waals surface area contributed by atoms with Crippen LogP contribution in [0.3, 0.4) is 0 Å². The van der Waals surface area contributed by atoms with Crippen molar-refractivity contribution < 1.29 is 9.53 Å². The van der Waals surface area contributed by atoms with Gasteiger partial charge in [0.05, 0.1) is 6.10 Å². The molecule has 1 amide bonds. The van der Waals surface area contributed by atoms with E-state index in [0.29, 0.717) is 18.1 Å². The maximum absolute atomic E-state index is 12.2. The first kappa shape index (κ1) is 21.7. The molecule has 1 saturated carbocycles. The molecule has 1 aliphatic carbocycles. The summed E-state index contributed by atoms with van der Waals surface area (Å²) in [7, 11) is 0. The molecule has 0 bridgehead atoms. The molecular formula is C19H35IN4O2. The Kier molecular flexibility index (Phi) is 7.21. The Balaban J connectivity index is 0.00000243. The Morgan fingerprint density at radius 2 is 1.85 bits per heavy atom. The lowest BCUT2D eigenvalue weighted by Crippen LogP contribution is -2.68. The number of hydrogen-bond donors (Lipinski definition) is 1. The van der Waals surface area contributed by atoms with Gasteiger partial charge in [-0.3, -0.25) is 9.79 Å². The Bertz CT molecular complexity index is 530. The minimum atomic E-state index is 0. The predicted octanol–water partition coefficient (Wildman–Crippen LogP) is 2.18. The first-order valence-electron chi connectivity index (χ1n) is 9.82. The van der Waals surface area contributed by atoms with Gasteiger partial charge in [0.25, 0.3) is 0 Å². The highest BCUT2D eigenvalue weighted by atomic mass is 127. The van der Waals surface area contributed by atoms with E-state index in [9.17, 15) is 4.79 Å². The van der Waals surface area contributed by atoms with Gasteiger partial charge in [0.1, 0.15) is 0 Å². The van der Waals surface area contributed by atoms with Gasteiger partial charge in [0.15, 0.2) is 5.96 Å². The number of nitrogens with one attached hydrogen (secondary N) is 1. The van der Waals surface area contributed by atoms with Gasteiger partial charge in [-0.15, -0.1) is 24.0 Å². The van der Waals surface area contributed by atoms with Crippen LogP contribution in [0.25, 0.3) is 0 Å². The molecule has 0 spiro atoms. The zero-order valence-electron chi connectivity index (χ0n) is 16.8. The molecule has 150 valence electrons. The molecule has 1 N–H and O–H groups in total. The number of rotatable bonds is 3. The van der Waals surface area contributed by atoms with Gasteiger partial charge in [-0.2, -0.15) is 0 Å². The van der Waals surface area contributed by atoms with Crippen LogP contribution in [-0.4, -0.2) is 73.1 Å². The lowest BCUT2D eigenvalue weighted by atomic mass is 9.57. The lowest BCUT2D eigenvalue weighted by Gasteiger charge is -2.55. The summed E-state index contributed by atoms with van der Waals surface area (Å²) >= 11 is 0. The molecule has 3 fully saturated rings. The average molecular weight is 478 g/mol. The highest BCUT2D eigenvalue weighted by molar-refractivity contribution is 14.0. The summed E-state index contributed by atoms with van der Waals surface area (Å²) < 4.78 is 5.91. The van der Waals surface area contributed by atoms with E-state index in [2.05, 4.69) is 31.0 Å². The van der Waals surface area contributed by atoms with Crippen molar-refractivity contribution in [2.24, 2.45) is 22.2 Å². The molecule has 2 heterocycles. The number of carbonyl (C=O) groups is 1. The van der Waals surface area contributed by atoms with Crippen LogP contribution in [0.2, 0.25) is 0 Å². The Morgan fingerprint density at radius 3 is 2.42 bits per heavy atom. The van der Waals surface area contributed by atoms with Crippen LogP contribution in [0.15, 0.2) is 4.99 Å². The van der Waals surface area contributed by atoms with E-state index < -0.39 is 0 Å². The minimum absolute atomic E-state index is 0. The zero-order chi connectivity index (χ0) is 18.2. The molecule has 7 heteroatoms. The van der Waals surface area contributed by atoms with E-state index >= 15 is 0 Å². The van der Waals surface area contributed by atoms with Crippen LogP contribution < -0.4 is 5.32 Å². The second-order valence-electron chi connectivity index (χ2n) is 8.45. The highest BCUT2D eigenvalue weighted by Crippen LogP contribution is 2.52. The Hall–Kier alpha value is -0.570. The van der Waals surface area contributed by atoms with Crippen molar-refractivity contribution in [1.29, 1.82) is 0 Å². The summed E-state index contributed by atoms with van der Waals surface area (Å²) in [6, 6.07) is 0.417. The molecule has 2 saturated heterocycles. The molecule has 0 radical (unpaired) electrons. The van der Waals surface area contributed by atoms with Gasteiger partial charge in [-0.1, -0.05) is 27.7 Å². The Morgan fingerprint density at radius 1 is 1.23 bits per heavy atom. The topological polar surface area (TPSA) is 57.2 Å². The average Bonchev–Trinajstić information content (AvgIpc) is 3.05. The van der Waals surface area contributed by atoms with E-state index in [0.717, 1.165) is 51.7 Å². The zero-order valence-corrected chi connectivity index (χ0v) is 19.2. The monoisotopic (exact) mass is 478 g/mol. The van der Waals surface area contributed by atoms with Gasteiger partial charge in [-0.25, -0.2) is 0 Å². The standard InChI is InChI=1S/C19H34N4O2.HI/c1-6-20-18(21-15-14-7-12-25-16(14)19(15,4)5)23-10-8-22(9-11-23)17(24)13(2)3;/h13-16H,6-12H2,1-5H3,(H,20,21);1H. The Labute approximate surface area is 175 Å². The molecule has 0 aromatic heterocycles. The van der Waals surface area contributed by atoms with Crippen LogP contribution in [-0.2, 0) is 9.53 Å². The number of ether oxygens (including phenoxy) is 1. The molecule has 3 aliphatic rings. The van der Waals surface area contributed by atoms with Crippen molar-refractivity contribution in [1.82, 2.24) is 15.1 Å². The van der Waals surface area contributed by atoms with E-state index in [1.807, 2.05) is 18.7 Å². The van der Waals surface area contributed by atoms with Crippen LogP contribution >= 0.6 is 24.0 Å². The summed E-state index contributed by atoms with van der Waals surface area (Å²) in [4.78, 5) is 21.2. The van der Waals surface area contributed by atoms with Crippen molar-refractivity contribution in [2.75, 3.05) is 39.3 Å². The third-order valence-corrected chi connectivity index (χ3v) is 6.08. The third-order valence-electron chi connectivity index (χ3n) is 6.08. The molecule has 2 aliphatic heterocycles. The van der Waals surface area contributed by atoms with E-state index in [1.54, 1.807) is 0 Å². The summed E-state index contributed by atoms with van der Waals surface area (Å²) in [6.45, 7) is 15.5. The van der Waals surface area contributed by atoms with Crippen LogP contribution in [0, 0.1) is 17.3 Å². The number of piperazine rings is 1. The first-order chi connectivity index (χ1) is 11.9. The first-order valence-corrected chi connectivity index (χ1v) is 9.82. The van der Waals surface area contributed by atoms with Crippen molar-refractivity contribution in [3.63, 3.8) is 0 Å². The fourth-order valence-electron chi connectivity index (χ4n) is 4.65. The molecule has 3 unspecified atom stereocenters. The largest absolute Gasteiger partial charge is 0.377 e.